The summed E-state index contributed by atoms with van der Waals surface area (Å²) in [5, 5.41) is 24.7. The van der Waals surface area contributed by atoms with Gasteiger partial charge in [-0.05, 0) is 50.5 Å². The normalized spacial score (nSPS) is 19.6. The molecule has 0 heterocycles. The third-order valence-corrected chi connectivity index (χ3v) is 6.54. The van der Waals surface area contributed by atoms with E-state index >= 15 is 0 Å². The quantitative estimate of drug-likeness (QED) is 0.484. The first-order chi connectivity index (χ1) is 13.7. The fraction of sp³-hybridized carbons (Fsp3) is 0.400. The zero-order valence-corrected chi connectivity index (χ0v) is 17.2. The summed E-state index contributed by atoms with van der Waals surface area (Å²) in [6, 6.07) is 8.77. The standard InChI is InChI=1S/C20H25N3O5S/c1-13-7-9-16(14(2)11-13)22-29(27,28)15-8-10-17(19(12-15)23(25)26)21-18-5-3-4-6-20(18)24/h7-12,18,20-22,24H,3-6H2,1-2H3. The highest BCUT2D eigenvalue weighted by Gasteiger charge is 2.27. The number of nitrogens with one attached hydrogen (secondary N) is 2. The van der Waals surface area contributed by atoms with Gasteiger partial charge in [0, 0.05) is 6.07 Å². The molecule has 0 aromatic heterocycles. The van der Waals surface area contributed by atoms with Crippen LogP contribution in [-0.2, 0) is 10.0 Å². The molecule has 9 heteroatoms. The van der Waals surface area contributed by atoms with Crippen molar-refractivity contribution in [2.45, 2.75) is 56.6 Å². The number of aliphatic hydroxyl groups excluding tert-OH is 1. The van der Waals surface area contributed by atoms with Crippen LogP contribution in [-0.4, -0.2) is 30.6 Å². The Kier molecular flexibility index (Phi) is 6.09. The lowest BCUT2D eigenvalue weighted by Gasteiger charge is -2.29. The molecule has 0 radical (unpaired) electrons. The third-order valence-electron chi connectivity index (χ3n) is 5.17. The molecule has 0 bridgehead atoms. The molecule has 3 rings (SSSR count). The van der Waals surface area contributed by atoms with E-state index < -0.39 is 21.1 Å². The number of benzene rings is 2. The molecule has 156 valence electrons. The second kappa shape index (κ2) is 8.38. The SMILES string of the molecule is Cc1ccc(NS(=O)(=O)c2ccc(NC3CCCCC3O)c([N+](=O)[O-])c2)c(C)c1. The van der Waals surface area contributed by atoms with Crippen molar-refractivity contribution < 1.29 is 18.4 Å². The highest BCUT2D eigenvalue weighted by molar-refractivity contribution is 7.92. The number of sulfonamides is 1. The molecular weight excluding hydrogens is 394 g/mol. The molecule has 1 aliphatic rings. The number of nitrogens with zero attached hydrogens (tertiary/aromatic N) is 1. The fourth-order valence-electron chi connectivity index (χ4n) is 3.56. The summed E-state index contributed by atoms with van der Waals surface area (Å²) in [5.74, 6) is 0. The second-order valence-corrected chi connectivity index (χ2v) is 9.14. The number of nitro groups is 1. The van der Waals surface area contributed by atoms with Crippen LogP contribution in [0.5, 0.6) is 0 Å². The molecule has 1 fully saturated rings. The van der Waals surface area contributed by atoms with Crippen molar-refractivity contribution in [1.29, 1.82) is 0 Å². The highest BCUT2D eigenvalue weighted by atomic mass is 32.2. The molecule has 0 saturated heterocycles. The third kappa shape index (κ3) is 4.86. The maximum atomic E-state index is 12.8. The summed E-state index contributed by atoms with van der Waals surface area (Å²) >= 11 is 0. The Morgan fingerprint density at radius 2 is 1.76 bits per heavy atom. The lowest BCUT2D eigenvalue weighted by atomic mass is 9.92. The molecule has 8 nitrogen and oxygen atoms in total. The predicted molar refractivity (Wildman–Crippen MR) is 112 cm³/mol. The van der Waals surface area contributed by atoms with E-state index in [1.54, 1.807) is 19.1 Å². The molecule has 0 spiro atoms. The van der Waals surface area contributed by atoms with E-state index in [0.717, 1.165) is 30.0 Å². The van der Waals surface area contributed by atoms with E-state index in [9.17, 15) is 23.6 Å². The molecule has 1 saturated carbocycles. The summed E-state index contributed by atoms with van der Waals surface area (Å²) in [6.07, 6.45) is 2.60. The second-order valence-electron chi connectivity index (χ2n) is 7.46. The maximum Gasteiger partial charge on any atom is 0.293 e. The van der Waals surface area contributed by atoms with Crippen molar-refractivity contribution >= 4 is 27.1 Å². The first-order valence-corrected chi connectivity index (χ1v) is 11.0. The molecule has 0 aliphatic heterocycles. The van der Waals surface area contributed by atoms with Crippen molar-refractivity contribution in [2.24, 2.45) is 0 Å². The van der Waals surface area contributed by atoms with Crippen LogP contribution in [0.3, 0.4) is 0 Å². The minimum Gasteiger partial charge on any atom is -0.391 e. The van der Waals surface area contributed by atoms with Crippen LogP contribution in [0.1, 0.15) is 36.8 Å². The minimum atomic E-state index is -4.00. The van der Waals surface area contributed by atoms with Gasteiger partial charge in [0.05, 0.1) is 27.7 Å². The lowest BCUT2D eigenvalue weighted by molar-refractivity contribution is -0.384. The molecular formula is C20H25N3O5S. The Morgan fingerprint density at radius 1 is 1.07 bits per heavy atom. The van der Waals surface area contributed by atoms with E-state index in [2.05, 4.69) is 10.0 Å². The minimum absolute atomic E-state index is 0.195. The van der Waals surface area contributed by atoms with Gasteiger partial charge < -0.3 is 10.4 Å². The summed E-state index contributed by atoms with van der Waals surface area (Å²) in [5.41, 5.74) is 2.04. The van der Waals surface area contributed by atoms with Gasteiger partial charge in [0.25, 0.3) is 15.7 Å². The largest absolute Gasteiger partial charge is 0.391 e. The van der Waals surface area contributed by atoms with E-state index in [0.29, 0.717) is 18.5 Å². The summed E-state index contributed by atoms with van der Waals surface area (Å²) in [6.45, 7) is 3.69. The Morgan fingerprint density at radius 3 is 2.41 bits per heavy atom. The Balaban J connectivity index is 1.89. The number of aryl methyl sites for hydroxylation is 2. The van der Waals surface area contributed by atoms with Crippen LogP contribution in [0, 0.1) is 24.0 Å². The van der Waals surface area contributed by atoms with Gasteiger partial charge in [-0.25, -0.2) is 8.42 Å². The van der Waals surface area contributed by atoms with Crippen molar-refractivity contribution in [3.05, 3.63) is 57.6 Å². The van der Waals surface area contributed by atoms with Crippen LogP contribution in [0.4, 0.5) is 17.1 Å². The van der Waals surface area contributed by atoms with Crippen LogP contribution in [0.25, 0.3) is 0 Å². The summed E-state index contributed by atoms with van der Waals surface area (Å²) in [7, 11) is -4.00. The Bertz CT molecular complexity index is 1020. The predicted octanol–water partition coefficient (Wildman–Crippen LogP) is 3.73. The zero-order valence-electron chi connectivity index (χ0n) is 16.4. The van der Waals surface area contributed by atoms with E-state index in [-0.39, 0.29) is 22.3 Å². The molecule has 2 atom stereocenters. The monoisotopic (exact) mass is 419 g/mol. The number of rotatable bonds is 6. The number of hydrogen-bond acceptors (Lipinski definition) is 6. The molecule has 2 unspecified atom stereocenters. The van der Waals surface area contributed by atoms with E-state index in [4.69, 9.17) is 0 Å². The highest BCUT2D eigenvalue weighted by Crippen LogP contribution is 2.31. The first-order valence-electron chi connectivity index (χ1n) is 9.50. The van der Waals surface area contributed by atoms with Crippen molar-refractivity contribution in [1.82, 2.24) is 0 Å². The van der Waals surface area contributed by atoms with Crippen molar-refractivity contribution in [2.75, 3.05) is 10.0 Å². The number of anilines is 2. The molecule has 2 aromatic carbocycles. The Labute approximate surface area is 170 Å². The summed E-state index contributed by atoms with van der Waals surface area (Å²) < 4.78 is 28.0. The number of hydrogen-bond donors (Lipinski definition) is 3. The Hall–Kier alpha value is -2.65. The molecule has 2 aromatic rings. The lowest BCUT2D eigenvalue weighted by Crippen LogP contribution is -2.36. The molecule has 0 amide bonds. The van der Waals surface area contributed by atoms with E-state index in [1.165, 1.54) is 12.1 Å². The van der Waals surface area contributed by atoms with Gasteiger partial charge in [-0.2, -0.15) is 0 Å². The van der Waals surface area contributed by atoms with Gasteiger partial charge in [0.15, 0.2) is 0 Å². The van der Waals surface area contributed by atoms with Gasteiger partial charge in [-0.15, -0.1) is 0 Å². The van der Waals surface area contributed by atoms with Crippen LogP contribution in [0.2, 0.25) is 0 Å². The van der Waals surface area contributed by atoms with Gasteiger partial charge >= 0.3 is 0 Å². The van der Waals surface area contributed by atoms with Gasteiger partial charge in [-0.1, -0.05) is 30.5 Å². The van der Waals surface area contributed by atoms with Crippen LogP contribution < -0.4 is 10.0 Å². The van der Waals surface area contributed by atoms with E-state index in [1.807, 2.05) is 13.0 Å². The van der Waals surface area contributed by atoms with Crippen LogP contribution >= 0.6 is 0 Å². The average Bonchev–Trinajstić information content (AvgIpc) is 2.66. The zero-order chi connectivity index (χ0) is 21.2. The van der Waals surface area contributed by atoms with Crippen molar-refractivity contribution in [3.63, 3.8) is 0 Å². The molecule has 1 aliphatic carbocycles. The molecule has 3 N–H and O–H groups in total. The topological polar surface area (TPSA) is 122 Å². The van der Waals surface area contributed by atoms with Crippen molar-refractivity contribution in [3.8, 4) is 0 Å². The number of nitro benzene ring substituents is 1. The smallest absolute Gasteiger partial charge is 0.293 e. The van der Waals surface area contributed by atoms with Crippen LogP contribution in [0.15, 0.2) is 41.3 Å². The van der Waals surface area contributed by atoms with Gasteiger partial charge in [-0.3, -0.25) is 14.8 Å². The number of aliphatic hydroxyl groups is 1. The first kappa shape index (κ1) is 21.1. The fourth-order valence-corrected chi connectivity index (χ4v) is 4.71. The van der Waals surface area contributed by atoms with Gasteiger partial charge in [0.2, 0.25) is 0 Å². The molecule has 29 heavy (non-hydrogen) atoms. The maximum absolute atomic E-state index is 12.8. The van der Waals surface area contributed by atoms with Gasteiger partial charge in [0.1, 0.15) is 5.69 Å². The summed E-state index contributed by atoms with van der Waals surface area (Å²) in [4.78, 5) is 10.7. The average molecular weight is 420 g/mol.